The Kier molecular flexibility index (Phi) is 3.38. The molecular formula is C17H14BNO2. The summed E-state index contributed by atoms with van der Waals surface area (Å²) in [4.78, 5) is 25.5. The molecule has 1 aliphatic carbocycles. The van der Waals surface area contributed by atoms with E-state index >= 15 is 0 Å². The van der Waals surface area contributed by atoms with Crippen LogP contribution in [-0.4, -0.2) is 26.0 Å². The van der Waals surface area contributed by atoms with Gasteiger partial charge >= 0.3 is 0 Å². The van der Waals surface area contributed by atoms with Crippen LogP contribution in [0, 0.1) is 6.92 Å². The lowest BCUT2D eigenvalue weighted by molar-refractivity contribution is 0.0979. The fraction of sp³-hybridized carbons (Fsp3) is 0.176. The Hall–Kier alpha value is -2.36. The van der Waals surface area contributed by atoms with Gasteiger partial charge in [-0.1, -0.05) is 36.7 Å². The summed E-state index contributed by atoms with van der Waals surface area (Å²) in [5.41, 5.74) is 3.41. The van der Waals surface area contributed by atoms with Gasteiger partial charge in [-0.2, -0.15) is 0 Å². The van der Waals surface area contributed by atoms with Crippen LogP contribution in [0.2, 0.25) is 6.32 Å². The van der Waals surface area contributed by atoms with E-state index in [2.05, 4.69) is 5.32 Å². The first kappa shape index (κ1) is 13.6. The first-order valence-corrected chi connectivity index (χ1v) is 6.91. The van der Waals surface area contributed by atoms with Gasteiger partial charge in [-0.15, -0.1) is 0 Å². The van der Waals surface area contributed by atoms with Crippen molar-refractivity contribution in [2.24, 2.45) is 0 Å². The fourth-order valence-electron chi connectivity index (χ4n) is 2.74. The van der Waals surface area contributed by atoms with Gasteiger partial charge < -0.3 is 5.32 Å². The molecule has 0 amide bonds. The SMILES string of the molecule is [B]CCNc1ccc(C)c2c1C(=O)c1ccccc1C2=O. The second kappa shape index (κ2) is 5.21. The maximum absolute atomic E-state index is 12.8. The van der Waals surface area contributed by atoms with Crippen LogP contribution in [0.15, 0.2) is 36.4 Å². The number of fused-ring (bicyclic) bond motifs is 2. The summed E-state index contributed by atoms with van der Waals surface area (Å²) in [6.45, 7) is 2.41. The molecule has 0 aromatic heterocycles. The van der Waals surface area contributed by atoms with Crippen molar-refractivity contribution >= 4 is 25.1 Å². The average molecular weight is 275 g/mol. The maximum Gasteiger partial charge on any atom is 0.196 e. The summed E-state index contributed by atoms with van der Waals surface area (Å²) in [7, 11) is 5.51. The van der Waals surface area contributed by atoms with Crippen LogP contribution in [0.1, 0.15) is 37.4 Å². The molecule has 102 valence electrons. The number of benzene rings is 2. The first-order valence-electron chi connectivity index (χ1n) is 6.91. The van der Waals surface area contributed by atoms with Crippen LogP contribution >= 0.6 is 0 Å². The molecule has 3 nitrogen and oxygen atoms in total. The van der Waals surface area contributed by atoms with Crippen molar-refractivity contribution < 1.29 is 9.59 Å². The predicted octanol–water partition coefficient (Wildman–Crippen LogP) is 2.77. The number of hydrogen-bond acceptors (Lipinski definition) is 3. The Balaban J connectivity index is 2.24. The molecule has 1 aliphatic rings. The van der Waals surface area contributed by atoms with Gasteiger partial charge in [0.15, 0.2) is 11.6 Å². The number of nitrogens with one attached hydrogen (secondary N) is 1. The van der Waals surface area contributed by atoms with E-state index in [0.29, 0.717) is 40.8 Å². The number of carbonyl (C=O) groups excluding carboxylic acids is 2. The van der Waals surface area contributed by atoms with Gasteiger partial charge in [-0.25, -0.2) is 0 Å². The van der Waals surface area contributed by atoms with Crippen molar-refractivity contribution in [3.63, 3.8) is 0 Å². The van der Waals surface area contributed by atoms with Crippen molar-refractivity contribution in [3.05, 3.63) is 64.2 Å². The molecule has 0 spiro atoms. The third kappa shape index (κ3) is 2.07. The van der Waals surface area contributed by atoms with Gasteiger partial charge in [-0.3, -0.25) is 9.59 Å². The molecule has 1 N–H and O–H groups in total. The van der Waals surface area contributed by atoms with Crippen molar-refractivity contribution in [3.8, 4) is 0 Å². The van der Waals surface area contributed by atoms with Crippen LogP contribution in [0.3, 0.4) is 0 Å². The maximum atomic E-state index is 12.8. The van der Waals surface area contributed by atoms with Crippen LogP contribution in [0.5, 0.6) is 0 Å². The highest BCUT2D eigenvalue weighted by molar-refractivity contribution is 6.30. The minimum atomic E-state index is -0.108. The summed E-state index contributed by atoms with van der Waals surface area (Å²) in [5, 5.41) is 3.13. The zero-order valence-electron chi connectivity index (χ0n) is 11.8. The van der Waals surface area contributed by atoms with E-state index in [4.69, 9.17) is 7.85 Å². The Morgan fingerprint density at radius 2 is 1.57 bits per heavy atom. The Morgan fingerprint density at radius 3 is 2.19 bits per heavy atom. The lowest BCUT2D eigenvalue weighted by Crippen LogP contribution is -2.23. The summed E-state index contributed by atoms with van der Waals surface area (Å²) >= 11 is 0. The molecule has 0 saturated carbocycles. The number of rotatable bonds is 3. The Bertz CT molecular complexity index is 752. The largest absolute Gasteiger partial charge is 0.385 e. The average Bonchev–Trinajstić information content (AvgIpc) is 2.51. The molecule has 0 bridgehead atoms. The van der Waals surface area contributed by atoms with Gasteiger partial charge in [0.1, 0.15) is 0 Å². The van der Waals surface area contributed by atoms with Gasteiger partial charge in [0.2, 0.25) is 0 Å². The molecule has 21 heavy (non-hydrogen) atoms. The van der Waals surface area contributed by atoms with Crippen LogP contribution in [0.4, 0.5) is 5.69 Å². The highest BCUT2D eigenvalue weighted by atomic mass is 16.1. The molecule has 0 aliphatic heterocycles. The standard InChI is InChI=1S/C17H14BNO2/c1-10-6-7-13(19-9-8-18)15-14(10)16(20)11-4-2-3-5-12(11)17(15)21/h2-7,19H,8-9H2,1H3. The van der Waals surface area contributed by atoms with Crippen LogP contribution < -0.4 is 5.32 Å². The van der Waals surface area contributed by atoms with Crippen molar-refractivity contribution in [2.45, 2.75) is 13.2 Å². The second-order valence-corrected chi connectivity index (χ2v) is 5.10. The van der Waals surface area contributed by atoms with Gasteiger partial charge in [0, 0.05) is 28.9 Å². The molecule has 0 heterocycles. The van der Waals surface area contributed by atoms with E-state index in [1.54, 1.807) is 24.3 Å². The molecular weight excluding hydrogens is 261 g/mol. The van der Waals surface area contributed by atoms with E-state index in [0.717, 1.165) is 5.56 Å². The highest BCUT2D eigenvalue weighted by Gasteiger charge is 2.32. The molecule has 2 aromatic carbocycles. The van der Waals surface area contributed by atoms with E-state index in [1.165, 1.54) is 0 Å². The molecule has 0 unspecified atom stereocenters. The normalized spacial score (nSPS) is 12.8. The van der Waals surface area contributed by atoms with Gasteiger partial charge in [0.05, 0.1) is 13.4 Å². The molecule has 2 aromatic rings. The number of carbonyl (C=O) groups is 2. The molecule has 2 radical (unpaired) electrons. The van der Waals surface area contributed by atoms with E-state index in [-0.39, 0.29) is 11.6 Å². The molecule has 0 fully saturated rings. The zero-order chi connectivity index (χ0) is 15.0. The Labute approximate surface area is 124 Å². The first-order chi connectivity index (χ1) is 10.1. The number of aryl methyl sites for hydroxylation is 1. The predicted molar refractivity (Wildman–Crippen MR) is 83.5 cm³/mol. The Morgan fingerprint density at radius 1 is 0.952 bits per heavy atom. The monoisotopic (exact) mass is 275 g/mol. The molecule has 4 heteroatoms. The molecule has 0 saturated heterocycles. The number of hydrogen-bond donors (Lipinski definition) is 1. The van der Waals surface area contributed by atoms with Crippen LogP contribution in [0.25, 0.3) is 0 Å². The lowest BCUT2D eigenvalue weighted by atomic mass is 9.81. The highest BCUT2D eigenvalue weighted by Crippen LogP contribution is 2.33. The lowest BCUT2D eigenvalue weighted by Gasteiger charge is -2.22. The van der Waals surface area contributed by atoms with Gasteiger partial charge in [-0.05, 0) is 18.6 Å². The van der Waals surface area contributed by atoms with E-state index in [1.807, 2.05) is 19.1 Å². The summed E-state index contributed by atoms with van der Waals surface area (Å²) in [5.74, 6) is -0.197. The summed E-state index contributed by atoms with van der Waals surface area (Å²) < 4.78 is 0. The van der Waals surface area contributed by atoms with Crippen molar-refractivity contribution in [1.29, 1.82) is 0 Å². The molecule has 3 rings (SSSR count). The number of ketones is 2. The smallest absolute Gasteiger partial charge is 0.196 e. The van der Waals surface area contributed by atoms with E-state index in [9.17, 15) is 9.59 Å². The second-order valence-electron chi connectivity index (χ2n) is 5.10. The summed E-state index contributed by atoms with van der Waals surface area (Å²) in [6.07, 6.45) is 0.460. The van der Waals surface area contributed by atoms with Crippen molar-refractivity contribution in [1.82, 2.24) is 0 Å². The molecule has 0 atom stereocenters. The van der Waals surface area contributed by atoms with Crippen LogP contribution in [-0.2, 0) is 0 Å². The minimum absolute atomic E-state index is 0.0888. The van der Waals surface area contributed by atoms with Gasteiger partial charge in [0.25, 0.3) is 0 Å². The third-order valence-corrected chi connectivity index (χ3v) is 3.74. The zero-order valence-corrected chi connectivity index (χ0v) is 11.8. The number of anilines is 1. The topological polar surface area (TPSA) is 46.2 Å². The fourth-order valence-corrected chi connectivity index (χ4v) is 2.74. The summed E-state index contributed by atoms with van der Waals surface area (Å²) in [6, 6.07) is 10.7. The third-order valence-electron chi connectivity index (χ3n) is 3.74. The van der Waals surface area contributed by atoms with Crippen molar-refractivity contribution in [2.75, 3.05) is 11.9 Å². The quantitative estimate of drug-likeness (QED) is 0.747. The van der Waals surface area contributed by atoms with E-state index < -0.39 is 0 Å². The minimum Gasteiger partial charge on any atom is -0.385 e.